The van der Waals surface area contributed by atoms with Gasteiger partial charge in [-0.3, -0.25) is 0 Å². The van der Waals surface area contributed by atoms with Gasteiger partial charge in [0.15, 0.2) is 11.6 Å². The number of nitrogens with zero attached hydrogens (tertiary/aromatic N) is 2. The minimum Gasteiger partial charge on any atom is -0.365 e. The van der Waals surface area contributed by atoms with Crippen molar-refractivity contribution < 1.29 is 4.39 Å². The highest BCUT2D eigenvalue weighted by Crippen LogP contribution is 2.15. The third-order valence-electron chi connectivity index (χ3n) is 2.70. The second-order valence-electron chi connectivity index (χ2n) is 4.46. The lowest BCUT2D eigenvalue weighted by Gasteiger charge is -2.15. The van der Waals surface area contributed by atoms with Gasteiger partial charge in [0.25, 0.3) is 0 Å². The van der Waals surface area contributed by atoms with Gasteiger partial charge in [-0.2, -0.15) is 4.98 Å². The quantitative estimate of drug-likeness (QED) is 0.698. The van der Waals surface area contributed by atoms with Gasteiger partial charge in [-0.25, -0.2) is 9.37 Å². The van der Waals surface area contributed by atoms with E-state index in [1.54, 1.807) is 0 Å². The molecule has 1 atom stereocenters. The molecule has 1 rings (SSSR count). The second-order valence-corrected chi connectivity index (χ2v) is 4.46. The second kappa shape index (κ2) is 7.84. The summed E-state index contributed by atoms with van der Waals surface area (Å²) >= 11 is 0. The van der Waals surface area contributed by atoms with Gasteiger partial charge in [-0.1, -0.05) is 26.2 Å². The first-order valence-electron chi connectivity index (χ1n) is 6.70. The molecule has 0 aliphatic rings. The van der Waals surface area contributed by atoms with E-state index in [4.69, 9.17) is 0 Å². The standard InChI is InChI=1S/C13H23FN4/c1-4-6-7-8-10(3)17-12-11(14)9-16-13(18-12)15-5-2/h9-10H,4-8H2,1-3H3,(H2,15,16,17,18). The minimum absolute atomic E-state index is 0.218. The van der Waals surface area contributed by atoms with E-state index in [0.29, 0.717) is 5.95 Å². The van der Waals surface area contributed by atoms with Crippen LogP contribution in [-0.2, 0) is 0 Å². The maximum absolute atomic E-state index is 13.5. The van der Waals surface area contributed by atoms with Gasteiger partial charge in [0.05, 0.1) is 6.20 Å². The van der Waals surface area contributed by atoms with E-state index in [-0.39, 0.29) is 11.9 Å². The Labute approximate surface area is 108 Å². The summed E-state index contributed by atoms with van der Waals surface area (Å²) in [7, 11) is 0. The van der Waals surface area contributed by atoms with Gasteiger partial charge in [-0.05, 0) is 20.3 Å². The zero-order chi connectivity index (χ0) is 13.4. The van der Waals surface area contributed by atoms with Crippen LogP contribution in [0.3, 0.4) is 0 Å². The van der Waals surface area contributed by atoms with Crippen molar-refractivity contribution in [1.82, 2.24) is 9.97 Å². The van der Waals surface area contributed by atoms with Crippen LogP contribution in [0.4, 0.5) is 16.2 Å². The first kappa shape index (κ1) is 14.7. The summed E-state index contributed by atoms with van der Waals surface area (Å²) in [4.78, 5) is 8.00. The van der Waals surface area contributed by atoms with Gasteiger partial charge in [0.1, 0.15) is 0 Å². The van der Waals surface area contributed by atoms with E-state index in [9.17, 15) is 4.39 Å². The van der Waals surface area contributed by atoms with Gasteiger partial charge in [0, 0.05) is 12.6 Å². The molecule has 1 aromatic rings. The topological polar surface area (TPSA) is 49.8 Å². The van der Waals surface area contributed by atoms with Crippen molar-refractivity contribution in [3.8, 4) is 0 Å². The molecule has 1 aromatic heterocycles. The molecule has 0 aromatic carbocycles. The lowest BCUT2D eigenvalue weighted by Crippen LogP contribution is -2.18. The zero-order valence-corrected chi connectivity index (χ0v) is 11.5. The van der Waals surface area contributed by atoms with Crippen LogP contribution in [0, 0.1) is 5.82 Å². The molecule has 4 nitrogen and oxygen atoms in total. The zero-order valence-electron chi connectivity index (χ0n) is 11.5. The fraction of sp³-hybridized carbons (Fsp3) is 0.692. The molecule has 0 fully saturated rings. The average molecular weight is 254 g/mol. The number of rotatable bonds is 8. The Morgan fingerprint density at radius 2 is 2.11 bits per heavy atom. The third-order valence-corrected chi connectivity index (χ3v) is 2.70. The van der Waals surface area contributed by atoms with Crippen molar-refractivity contribution in [1.29, 1.82) is 0 Å². The first-order valence-corrected chi connectivity index (χ1v) is 6.70. The van der Waals surface area contributed by atoms with Crippen molar-refractivity contribution in [3.05, 3.63) is 12.0 Å². The van der Waals surface area contributed by atoms with Crippen LogP contribution in [0.1, 0.15) is 46.5 Å². The molecule has 0 bridgehead atoms. The lowest BCUT2D eigenvalue weighted by atomic mass is 10.1. The summed E-state index contributed by atoms with van der Waals surface area (Å²) < 4.78 is 13.5. The molecule has 0 aliphatic heterocycles. The molecular weight excluding hydrogens is 231 g/mol. The van der Waals surface area contributed by atoms with Crippen molar-refractivity contribution in [3.63, 3.8) is 0 Å². The minimum atomic E-state index is -0.404. The highest BCUT2D eigenvalue weighted by Gasteiger charge is 2.09. The SMILES string of the molecule is CCCCCC(C)Nc1nc(NCC)ncc1F. The number of nitrogens with one attached hydrogen (secondary N) is 2. The number of unbranched alkanes of at least 4 members (excludes halogenated alkanes) is 2. The molecule has 0 amide bonds. The van der Waals surface area contributed by atoms with Crippen molar-refractivity contribution in [2.75, 3.05) is 17.2 Å². The van der Waals surface area contributed by atoms with E-state index < -0.39 is 5.82 Å². The number of halogens is 1. The van der Waals surface area contributed by atoms with E-state index >= 15 is 0 Å². The van der Waals surface area contributed by atoms with Crippen molar-refractivity contribution in [2.24, 2.45) is 0 Å². The van der Waals surface area contributed by atoms with Gasteiger partial charge < -0.3 is 10.6 Å². The molecule has 1 unspecified atom stereocenters. The maximum Gasteiger partial charge on any atom is 0.224 e. The predicted molar refractivity (Wildman–Crippen MR) is 73.4 cm³/mol. The molecule has 5 heteroatoms. The van der Waals surface area contributed by atoms with Gasteiger partial charge in [0.2, 0.25) is 5.95 Å². The molecule has 102 valence electrons. The van der Waals surface area contributed by atoms with Crippen molar-refractivity contribution >= 4 is 11.8 Å². The molecule has 2 N–H and O–H groups in total. The van der Waals surface area contributed by atoms with E-state index in [1.165, 1.54) is 19.0 Å². The Morgan fingerprint density at radius 1 is 1.33 bits per heavy atom. The third kappa shape index (κ3) is 4.85. The summed E-state index contributed by atoms with van der Waals surface area (Å²) in [6.07, 6.45) is 5.78. The Morgan fingerprint density at radius 3 is 2.78 bits per heavy atom. The molecule has 1 heterocycles. The number of anilines is 2. The van der Waals surface area contributed by atoms with Crippen molar-refractivity contribution in [2.45, 2.75) is 52.5 Å². The molecule has 18 heavy (non-hydrogen) atoms. The van der Waals surface area contributed by atoms with Crippen LogP contribution in [-0.4, -0.2) is 22.6 Å². The Balaban J connectivity index is 2.56. The lowest BCUT2D eigenvalue weighted by molar-refractivity contribution is 0.591. The van der Waals surface area contributed by atoms with E-state index in [1.807, 2.05) is 13.8 Å². The summed E-state index contributed by atoms with van der Waals surface area (Å²) in [5.41, 5.74) is 0. The number of hydrogen-bond acceptors (Lipinski definition) is 4. The summed E-state index contributed by atoms with van der Waals surface area (Å²) in [5.74, 6) is 0.339. The smallest absolute Gasteiger partial charge is 0.224 e. The highest BCUT2D eigenvalue weighted by molar-refractivity contribution is 5.41. The van der Waals surface area contributed by atoms with Crippen LogP contribution in [0.5, 0.6) is 0 Å². The van der Waals surface area contributed by atoms with E-state index in [0.717, 1.165) is 19.4 Å². The fourth-order valence-electron chi connectivity index (χ4n) is 1.72. The maximum atomic E-state index is 13.5. The summed E-state index contributed by atoms with van der Waals surface area (Å²) in [5, 5.41) is 6.07. The van der Waals surface area contributed by atoms with Crippen LogP contribution in [0.25, 0.3) is 0 Å². The normalized spacial score (nSPS) is 12.2. The monoisotopic (exact) mass is 254 g/mol. The van der Waals surface area contributed by atoms with E-state index in [2.05, 4.69) is 27.5 Å². The Hall–Kier alpha value is -1.39. The number of aromatic nitrogens is 2. The van der Waals surface area contributed by atoms with Gasteiger partial charge >= 0.3 is 0 Å². The predicted octanol–water partition coefficient (Wildman–Crippen LogP) is 3.43. The van der Waals surface area contributed by atoms with Crippen LogP contribution in [0.15, 0.2) is 6.20 Å². The molecule has 0 saturated heterocycles. The largest absolute Gasteiger partial charge is 0.365 e. The van der Waals surface area contributed by atoms with Crippen LogP contribution >= 0.6 is 0 Å². The first-order chi connectivity index (χ1) is 8.67. The number of hydrogen-bond donors (Lipinski definition) is 2. The Bertz CT molecular complexity index is 357. The average Bonchev–Trinajstić information content (AvgIpc) is 2.34. The molecule has 0 aliphatic carbocycles. The Kier molecular flexibility index (Phi) is 6.39. The molecule has 0 saturated carbocycles. The molecule has 0 radical (unpaired) electrons. The summed E-state index contributed by atoms with van der Waals surface area (Å²) in [6.45, 7) is 6.89. The highest BCUT2D eigenvalue weighted by atomic mass is 19.1. The molecular formula is C13H23FN4. The fourth-order valence-corrected chi connectivity index (χ4v) is 1.72. The summed E-state index contributed by atoms with van der Waals surface area (Å²) in [6, 6.07) is 0.218. The molecule has 0 spiro atoms. The van der Waals surface area contributed by atoms with Crippen LogP contribution < -0.4 is 10.6 Å². The van der Waals surface area contributed by atoms with Gasteiger partial charge in [-0.15, -0.1) is 0 Å². The van der Waals surface area contributed by atoms with Crippen LogP contribution in [0.2, 0.25) is 0 Å².